The van der Waals surface area contributed by atoms with E-state index in [1.165, 1.54) is 0 Å². The molecule has 94 valence electrons. The maximum absolute atomic E-state index is 11.8. The average Bonchev–Trinajstić information content (AvgIpc) is 2.27. The highest BCUT2D eigenvalue weighted by Gasteiger charge is 2.14. The predicted octanol–water partition coefficient (Wildman–Crippen LogP) is 2.35. The molecule has 0 aliphatic carbocycles. The second kappa shape index (κ2) is 4.29. The molecule has 0 amide bonds. The molecule has 2 aromatic rings. The fourth-order valence-corrected chi connectivity index (χ4v) is 2.00. The van der Waals surface area contributed by atoms with Crippen LogP contribution in [0.4, 0.5) is 0 Å². The van der Waals surface area contributed by atoms with Crippen molar-refractivity contribution in [2.45, 2.75) is 27.2 Å². The lowest BCUT2D eigenvalue weighted by molar-refractivity contribution is -0.136. The van der Waals surface area contributed by atoms with E-state index >= 15 is 0 Å². The van der Waals surface area contributed by atoms with Gasteiger partial charge in [0, 0.05) is 5.39 Å². The maximum Gasteiger partial charge on any atom is 0.340 e. The van der Waals surface area contributed by atoms with Gasteiger partial charge in [0.1, 0.15) is 5.58 Å². The van der Waals surface area contributed by atoms with Crippen LogP contribution in [0.3, 0.4) is 0 Å². The third-order valence-corrected chi connectivity index (χ3v) is 3.23. The van der Waals surface area contributed by atoms with Crippen LogP contribution in [0.5, 0.6) is 0 Å². The minimum absolute atomic E-state index is 0.221. The lowest BCUT2D eigenvalue weighted by Gasteiger charge is -2.08. The zero-order valence-electron chi connectivity index (χ0n) is 10.5. The number of aliphatic carboxylic acids is 1. The van der Waals surface area contributed by atoms with E-state index in [9.17, 15) is 9.59 Å². The third-order valence-electron chi connectivity index (χ3n) is 3.23. The van der Waals surface area contributed by atoms with Gasteiger partial charge in [0.25, 0.3) is 0 Å². The Morgan fingerprint density at radius 3 is 2.44 bits per heavy atom. The molecule has 0 bridgehead atoms. The topological polar surface area (TPSA) is 67.5 Å². The van der Waals surface area contributed by atoms with Crippen LogP contribution in [-0.2, 0) is 11.2 Å². The van der Waals surface area contributed by atoms with Crippen molar-refractivity contribution in [3.8, 4) is 0 Å². The molecule has 0 spiro atoms. The Morgan fingerprint density at radius 2 is 1.83 bits per heavy atom. The lowest BCUT2D eigenvalue weighted by Crippen LogP contribution is -2.14. The number of aryl methyl sites for hydroxylation is 3. The van der Waals surface area contributed by atoms with Crippen LogP contribution in [0.2, 0.25) is 0 Å². The van der Waals surface area contributed by atoms with Crippen LogP contribution in [0.25, 0.3) is 11.0 Å². The Hall–Kier alpha value is -2.10. The Bertz CT molecular complexity index is 695. The molecule has 0 unspecified atom stereocenters. The van der Waals surface area contributed by atoms with Crippen molar-refractivity contribution in [3.63, 3.8) is 0 Å². The van der Waals surface area contributed by atoms with Gasteiger partial charge in [0.15, 0.2) is 0 Å². The monoisotopic (exact) mass is 246 g/mol. The smallest absolute Gasteiger partial charge is 0.340 e. The van der Waals surface area contributed by atoms with Gasteiger partial charge in [-0.2, -0.15) is 0 Å². The minimum Gasteiger partial charge on any atom is -0.481 e. The van der Waals surface area contributed by atoms with Gasteiger partial charge in [-0.3, -0.25) is 4.79 Å². The molecule has 0 aliphatic heterocycles. The second-order valence-electron chi connectivity index (χ2n) is 4.50. The number of carboxylic acid groups (broad SMARTS) is 1. The van der Waals surface area contributed by atoms with Gasteiger partial charge in [0.2, 0.25) is 0 Å². The van der Waals surface area contributed by atoms with Crippen molar-refractivity contribution in [3.05, 3.63) is 44.8 Å². The largest absolute Gasteiger partial charge is 0.481 e. The molecule has 0 radical (unpaired) electrons. The summed E-state index contributed by atoms with van der Waals surface area (Å²) in [5.74, 6) is -1.03. The first kappa shape index (κ1) is 12.4. The Kier molecular flexibility index (Phi) is 2.95. The van der Waals surface area contributed by atoms with Crippen molar-refractivity contribution >= 4 is 16.9 Å². The molecule has 2 rings (SSSR count). The quantitative estimate of drug-likeness (QED) is 0.826. The van der Waals surface area contributed by atoms with E-state index in [4.69, 9.17) is 9.52 Å². The molecule has 0 fully saturated rings. The molecule has 4 nitrogen and oxygen atoms in total. The van der Waals surface area contributed by atoms with Crippen molar-refractivity contribution in [1.82, 2.24) is 0 Å². The highest BCUT2D eigenvalue weighted by molar-refractivity contribution is 5.84. The van der Waals surface area contributed by atoms with Crippen molar-refractivity contribution in [2.75, 3.05) is 0 Å². The van der Waals surface area contributed by atoms with Gasteiger partial charge in [-0.05, 0) is 49.6 Å². The minimum atomic E-state index is -1.03. The summed E-state index contributed by atoms with van der Waals surface area (Å²) in [5, 5.41) is 9.61. The predicted molar refractivity (Wildman–Crippen MR) is 68.0 cm³/mol. The van der Waals surface area contributed by atoms with E-state index in [-0.39, 0.29) is 12.0 Å². The van der Waals surface area contributed by atoms with Gasteiger partial charge in [-0.1, -0.05) is 0 Å². The number of carbonyl (C=O) groups is 1. The molecular weight excluding hydrogens is 232 g/mol. The molecule has 1 aromatic carbocycles. The number of hydrogen-bond donors (Lipinski definition) is 1. The first-order valence-electron chi connectivity index (χ1n) is 5.65. The third kappa shape index (κ3) is 2.01. The van der Waals surface area contributed by atoms with E-state index in [2.05, 4.69) is 0 Å². The molecule has 0 saturated carbocycles. The molecule has 0 aliphatic rings. The van der Waals surface area contributed by atoms with Crippen LogP contribution in [-0.4, -0.2) is 11.1 Å². The summed E-state index contributed by atoms with van der Waals surface area (Å²) in [7, 11) is 0. The molecule has 1 heterocycles. The summed E-state index contributed by atoms with van der Waals surface area (Å²) < 4.78 is 5.19. The molecule has 0 saturated heterocycles. The standard InChI is InChI=1S/C14H14O4/c1-7-4-10-9(3)11(6-13(15)16)14(17)18-12(10)5-8(7)2/h4-5H,6H2,1-3H3,(H,15,16). The maximum atomic E-state index is 11.8. The Balaban J connectivity index is 2.80. The van der Waals surface area contributed by atoms with Gasteiger partial charge in [-0.15, -0.1) is 0 Å². The van der Waals surface area contributed by atoms with E-state index < -0.39 is 11.6 Å². The SMILES string of the molecule is Cc1cc2oc(=O)c(CC(=O)O)c(C)c2cc1C. The molecule has 4 heteroatoms. The highest BCUT2D eigenvalue weighted by Crippen LogP contribution is 2.23. The first-order chi connectivity index (χ1) is 8.40. The van der Waals surface area contributed by atoms with Crippen LogP contribution in [0, 0.1) is 20.8 Å². The Morgan fingerprint density at radius 1 is 1.22 bits per heavy atom. The number of fused-ring (bicyclic) bond motifs is 1. The second-order valence-corrected chi connectivity index (χ2v) is 4.50. The van der Waals surface area contributed by atoms with E-state index in [0.29, 0.717) is 11.1 Å². The van der Waals surface area contributed by atoms with Crippen LogP contribution in [0.15, 0.2) is 21.3 Å². The summed E-state index contributed by atoms with van der Waals surface area (Å²) in [5.41, 5.74) is 2.97. The van der Waals surface area contributed by atoms with Crippen LogP contribution in [0.1, 0.15) is 22.3 Å². The summed E-state index contributed by atoms with van der Waals surface area (Å²) in [6, 6.07) is 3.73. The molecule has 18 heavy (non-hydrogen) atoms. The van der Waals surface area contributed by atoms with Crippen LogP contribution < -0.4 is 5.63 Å². The van der Waals surface area contributed by atoms with Crippen molar-refractivity contribution < 1.29 is 14.3 Å². The summed E-state index contributed by atoms with van der Waals surface area (Å²) in [4.78, 5) is 22.5. The van der Waals surface area contributed by atoms with E-state index in [1.54, 1.807) is 6.92 Å². The number of carboxylic acids is 1. The van der Waals surface area contributed by atoms with Gasteiger partial charge >= 0.3 is 11.6 Å². The Labute approximate surface area is 104 Å². The molecule has 0 atom stereocenters. The van der Waals surface area contributed by atoms with Crippen molar-refractivity contribution in [2.24, 2.45) is 0 Å². The fourth-order valence-electron chi connectivity index (χ4n) is 2.00. The van der Waals surface area contributed by atoms with Gasteiger partial charge in [0.05, 0.1) is 12.0 Å². The molecular formula is C14H14O4. The van der Waals surface area contributed by atoms with Crippen LogP contribution >= 0.6 is 0 Å². The summed E-state index contributed by atoms with van der Waals surface area (Å²) in [6.45, 7) is 5.66. The van der Waals surface area contributed by atoms with E-state index in [1.807, 2.05) is 26.0 Å². The zero-order chi connectivity index (χ0) is 13.4. The summed E-state index contributed by atoms with van der Waals surface area (Å²) in [6.07, 6.45) is -0.309. The van der Waals surface area contributed by atoms with Gasteiger partial charge in [-0.25, -0.2) is 4.79 Å². The molecule has 1 aromatic heterocycles. The van der Waals surface area contributed by atoms with Gasteiger partial charge < -0.3 is 9.52 Å². The fraction of sp³-hybridized carbons (Fsp3) is 0.286. The first-order valence-corrected chi connectivity index (χ1v) is 5.65. The highest BCUT2D eigenvalue weighted by atomic mass is 16.4. The number of hydrogen-bond acceptors (Lipinski definition) is 3. The van der Waals surface area contributed by atoms with E-state index in [0.717, 1.165) is 16.5 Å². The normalized spacial score (nSPS) is 10.8. The molecule has 1 N–H and O–H groups in total. The lowest BCUT2D eigenvalue weighted by atomic mass is 10.00. The zero-order valence-corrected chi connectivity index (χ0v) is 10.5. The van der Waals surface area contributed by atoms with Crippen molar-refractivity contribution in [1.29, 1.82) is 0 Å². The summed E-state index contributed by atoms with van der Waals surface area (Å²) >= 11 is 0. The number of rotatable bonds is 2. The number of benzene rings is 1. The average molecular weight is 246 g/mol.